The molecule has 0 aromatic heterocycles. The van der Waals surface area contributed by atoms with E-state index in [-0.39, 0.29) is 23.9 Å². The average Bonchev–Trinajstić information content (AvgIpc) is 2.98. The van der Waals surface area contributed by atoms with E-state index < -0.39 is 29.3 Å². The van der Waals surface area contributed by atoms with Gasteiger partial charge in [-0.2, -0.15) is 13.2 Å². The smallest absolute Gasteiger partial charge is 0.398 e. The summed E-state index contributed by atoms with van der Waals surface area (Å²) >= 11 is 0. The molecule has 1 aliphatic rings. The van der Waals surface area contributed by atoms with Crippen molar-refractivity contribution in [1.29, 1.82) is 0 Å². The van der Waals surface area contributed by atoms with Gasteiger partial charge in [0.05, 0.1) is 5.56 Å². The standard InChI is InChI=1S/C33H41F3N4O3/c1-40(2)17-16-38-30(41)25-11-7-10-24(19-25)23-9-6-8-22(18-23)21-32(43,26-12-4-3-5-13-26)31(42)39-27-14-15-29(37)28(20-27)33(34,35)36/h6-11,14-15,18-20,26,31,39,42-43H,3-5,12-13,16-17,21,37H2,1-2H3,(H,38,41). The summed E-state index contributed by atoms with van der Waals surface area (Å²) in [5.74, 6) is -0.436. The van der Waals surface area contributed by atoms with Gasteiger partial charge in [0.15, 0.2) is 6.23 Å². The molecule has 43 heavy (non-hydrogen) atoms. The van der Waals surface area contributed by atoms with Gasteiger partial charge in [-0.3, -0.25) is 4.79 Å². The van der Waals surface area contributed by atoms with E-state index in [2.05, 4.69) is 10.6 Å². The number of nitrogen functional groups attached to an aromatic ring is 1. The van der Waals surface area contributed by atoms with Gasteiger partial charge in [0.1, 0.15) is 5.60 Å². The summed E-state index contributed by atoms with van der Waals surface area (Å²) in [6.07, 6.45) is -1.93. The van der Waals surface area contributed by atoms with Gasteiger partial charge in [-0.25, -0.2) is 0 Å². The number of alkyl halides is 3. The number of hydrogen-bond acceptors (Lipinski definition) is 6. The third-order valence-electron chi connectivity index (χ3n) is 8.16. The van der Waals surface area contributed by atoms with Gasteiger partial charge in [0.2, 0.25) is 0 Å². The van der Waals surface area contributed by atoms with Gasteiger partial charge in [0, 0.05) is 36.4 Å². The molecule has 1 saturated carbocycles. The Morgan fingerprint density at radius 2 is 1.67 bits per heavy atom. The van der Waals surface area contributed by atoms with Crippen LogP contribution in [0.1, 0.15) is 53.6 Å². The molecular weight excluding hydrogens is 557 g/mol. The highest BCUT2D eigenvalue weighted by atomic mass is 19.4. The van der Waals surface area contributed by atoms with Crippen LogP contribution in [0.15, 0.2) is 66.7 Å². The second kappa shape index (κ2) is 13.8. The van der Waals surface area contributed by atoms with Crippen LogP contribution in [0.3, 0.4) is 0 Å². The molecule has 0 bridgehead atoms. The number of hydrogen-bond donors (Lipinski definition) is 5. The van der Waals surface area contributed by atoms with E-state index in [9.17, 15) is 28.2 Å². The Kier molecular flexibility index (Phi) is 10.4. The average molecular weight is 599 g/mol. The molecule has 7 nitrogen and oxygen atoms in total. The van der Waals surface area contributed by atoms with Gasteiger partial charge in [-0.05, 0) is 79.9 Å². The molecular formula is C33H41F3N4O3. The summed E-state index contributed by atoms with van der Waals surface area (Å²) in [4.78, 5) is 14.7. The number of aliphatic hydroxyl groups excluding tert-OH is 1. The fraction of sp³-hybridized carbons (Fsp3) is 0.424. The maximum Gasteiger partial charge on any atom is 0.418 e. The quantitative estimate of drug-likeness (QED) is 0.147. The van der Waals surface area contributed by atoms with Crippen LogP contribution in [-0.4, -0.2) is 60.0 Å². The van der Waals surface area contributed by atoms with E-state index >= 15 is 0 Å². The number of rotatable bonds is 11. The molecule has 0 heterocycles. The van der Waals surface area contributed by atoms with E-state index in [4.69, 9.17) is 5.73 Å². The Morgan fingerprint density at radius 1 is 1.00 bits per heavy atom. The van der Waals surface area contributed by atoms with Crippen molar-refractivity contribution >= 4 is 17.3 Å². The molecule has 6 N–H and O–H groups in total. The zero-order chi connectivity index (χ0) is 31.2. The van der Waals surface area contributed by atoms with Crippen LogP contribution in [0.2, 0.25) is 0 Å². The molecule has 1 fully saturated rings. The summed E-state index contributed by atoms with van der Waals surface area (Å²) in [5.41, 5.74) is 5.42. The number of amides is 1. The highest BCUT2D eigenvalue weighted by Gasteiger charge is 2.44. The van der Waals surface area contributed by atoms with E-state index in [0.717, 1.165) is 54.6 Å². The second-order valence-corrected chi connectivity index (χ2v) is 11.7. The molecule has 1 aliphatic carbocycles. The van der Waals surface area contributed by atoms with Crippen molar-refractivity contribution in [3.8, 4) is 11.1 Å². The van der Waals surface area contributed by atoms with Crippen LogP contribution >= 0.6 is 0 Å². The van der Waals surface area contributed by atoms with Crippen molar-refractivity contribution in [1.82, 2.24) is 10.2 Å². The molecule has 1 amide bonds. The molecule has 0 saturated heterocycles. The van der Waals surface area contributed by atoms with Crippen LogP contribution in [0, 0.1) is 5.92 Å². The number of nitrogens with two attached hydrogens (primary N) is 1. The molecule has 4 rings (SSSR count). The molecule has 3 aromatic rings. The minimum absolute atomic E-state index is 0.0117. The lowest BCUT2D eigenvalue weighted by Crippen LogP contribution is -2.54. The third kappa shape index (κ3) is 8.28. The lowest BCUT2D eigenvalue weighted by Gasteiger charge is -2.42. The predicted molar refractivity (Wildman–Crippen MR) is 163 cm³/mol. The minimum Gasteiger partial charge on any atom is -0.398 e. The number of carbonyl (C=O) groups is 1. The summed E-state index contributed by atoms with van der Waals surface area (Å²) < 4.78 is 40.4. The fourth-order valence-corrected chi connectivity index (χ4v) is 5.76. The number of carbonyl (C=O) groups excluding carboxylic acids is 1. The van der Waals surface area contributed by atoms with E-state index in [1.807, 2.05) is 61.5 Å². The molecule has 2 unspecified atom stereocenters. The number of benzene rings is 3. The van der Waals surface area contributed by atoms with Crippen molar-refractivity contribution < 1.29 is 28.2 Å². The first-order valence-corrected chi connectivity index (χ1v) is 14.6. The van der Waals surface area contributed by atoms with Gasteiger partial charge in [0.25, 0.3) is 5.91 Å². The lowest BCUT2D eigenvalue weighted by atomic mass is 9.72. The Morgan fingerprint density at radius 3 is 2.35 bits per heavy atom. The summed E-state index contributed by atoms with van der Waals surface area (Å²) in [5, 5.41) is 29.1. The summed E-state index contributed by atoms with van der Waals surface area (Å²) in [6, 6.07) is 18.2. The second-order valence-electron chi connectivity index (χ2n) is 11.7. The number of anilines is 2. The maximum atomic E-state index is 13.5. The van der Waals surface area contributed by atoms with Gasteiger partial charge in [-0.1, -0.05) is 55.7 Å². The Balaban J connectivity index is 1.58. The molecule has 2 atom stereocenters. The van der Waals surface area contributed by atoms with Crippen molar-refractivity contribution in [3.63, 3.8) is 0 Å². The number of likely N-dealkylation sites (N-methyl/N-ethyl adjacent to an activating group) is 1. The van der Waals surface area contributed by atoms with Crippen LogP contribution in [0.5, 0.6) is 0 Å². The van der Waals surface area contributed by atoms with E-state index in [1.54, 1.807) is 6.07 Å². The van der Waals surface area contributed by atoms with Crippen LogP contribution in [0.4, 0.5) is 24.5 Å². The Hall–Kier alpha value is -3.60. The topological polar surface area (TPSA) is 111 Å². The van der Waals surface area contributed by atoms with Crippen molar-refractivity contribution in [2.45, 2.75) is 56.5 Å². The monoisotopic (exact) mass is 598 g/mol. The normalized spacial score (nSPS) is 16.5. The predicted octanol–water partition coefficient (Wildman–Crippen LogP) is 5.53. The Labute approximate surface area is 250 Å². The molecule has 0 radical (unpaired) electrons. The minimum atomic E-state index is -4.66. The zero-order valence-corrected chi connectivity index (χ0v) is 24.6. The van der Waals surface area contributed by atoms with Crippen molar-refractivity contribution in [3.05, 3.63) is 83.4 Å². The van der Waals surface area contributed by atoms with Crippen LogP contribution < -0.4 is 16.4 Å². The number of nitrogens with zero attached hydrogens (tertiary/aromatic N) is 1. The van der Waals surface area contributed by atoms with E-state index in [1.165, 1.54) is 6.07 Å². The highest BCUT2D eigenvalue weighted by Crippen LogP contribution is 2.39. The van der Waals surface area contributed by atoms with Gasteiger partial charge < -0.3 is 31.5 Å². The molecule has 232 valence electrons. The van der Waals surface area contributed by atoms with Gasteiger partial charge >= 0.3 is 6.18 Å². The molecule has 10 heteroatoms. The van der Waals surface area contributed by atoms with Gasteiger partial charge in [-0.15, -0.1) is 0 Å². The Bertz CT molecular complexity index is 1390. The number of halogens is 3. The largest absolute Gasteiger partial charge is 0.418 e. The SMILES string of the molecule is CN(C)CCNC(=O)c1cccc(-c2cccc(CC(O)(C3CCCCC3)C(O)Nc3ccc(N)c(C(F)(F)F)c3)c2)c1. The van der Waals surface area contributed by atoms with Crippen LogP contribution in [0.25, 0.3) is 11.1 Å². The van der Waals surface area contributed by atoms with Crippen molar-refractivity contribution in [2.24, 2.45) is 5.92 Å². The number of nitrogens with one attached hydrogen (secondary N) is 2. The van der Waals surface area contributed by atoms with Crippen LogP contribution in [-0.2, 0) is 12.6 Å². The highest BCUT2D eigenvalue weighted by molar-refractivity contribution is 5.95. The maximum absolute atomic E-state index is 13.5. The first-order valence-electron chi connectivity index (χ1n) is 14.6. The zero-order valence-electron chi connectivity index (χ0n) is 24.6. The van der Waals surface area contributed by atoms with E-state index in [0.29, 0.717) is 24.9 Å². The first kappa shape index (κ1) is 32.3. The fourth-order valence-electron chi connectivity index (χ4n) is 5.76. The molecule has 0 spiro atoms. The first-order chi connectivity index (χ1) is 20.4. The number of aliphatic hydroxyl groups is 2. The molecule has 3 aromatic carbocycles. The summed E-state index contributed by atoms with van der Waals surface area (Å²) in [7, 11) is 3.87. The molecule has 0 aliphatic heterocycles. The third-order valence-corrected chi connectivity index (χ3v) is 8.16. The lowest BCUT2D eigenvalue weighted by molar-refractivity contribution is -0.136. The van der Waals surface area contributed by atoms with Crippen molar-refractivity contribution in [2.75, 3.05) is 38.2 Å². The summed E-state index contributed by atoms with van der Waals surface area (Å²) in [6.45, 7) is 1.25.